The Morgan fingerprint density at radius 1 is 1.36 bits per heavy atom. The number of hydrogen-bond acceptors (Lipinski definition) is 2. The van der Waals surface area contributed by atoms with E-state index in [1.54, 1.807) is 13.8 Å². The van der Waals surface area contributed by atoms with Gasteiger partial charge in [0.25, 0.3) is 0 Å². The number of carbonyl (C=O) groups is 2. The highest BCUT2D eigenvalue weighted by Gasteiger charge is 2.09. The molecule has 0 aliphatic rings. The summed E-state index contributed by atoms with van der Waals surface area (Å²) in [5.74, 6) is -2.11. The molecule has 0 spiro atoms. The second kappa shape index (κ2) is 6.18. The molecule has 80 valence electrons. The minimum absolute atomic E-state index is 0.354. The SMILES string of the molecule is C/C(=C/C(=O)O)CCC[C@@H](C)C(=O)O. The van der Waals surface area contributed by atoms with Gasteiger partial charge in [-0.05, 0) is 26.2 Å². The first-order valence-electron chi connectivity index (χ1n) is 4.56. The van der Waals surface area contributed by atoms with Gasteiger partial charge in [-0.15, -0.1) is 0 Å². The number of aliphatic carboxylic acids is 2. The number of carboxylic acid groups (broad SMARTS) is 2. The smallest absolute Gasteiger partial charge is 0.328 e. The monoisotopic (exact) mass is 200 g/mol. The quantitative estimate of drug-likeness (QED) is 0.642. The van der Waals surface area contributed by atoms with Crippen LogP contribution in [0.2, 0.25) is 0 Å². The molecule has 0 amide bonds. The molecule has 1 atom stereocenters. The number of rotatable bonds is 6. The lowest BCUT2D eigenvalue weighted by Crippen LogP contribution is -2.08. The minimum atomic E-state index is -0.950. The number of hydrogen-bond donors (Lipinski definition) is 2. The third-order valence-electron chi connectivity index (χ3n) is 2.00. The van der Waals surface area contributed by atoms with Crippen LogP contribution in [0.15, 0.2) is 11.6 Å². The summed E-state index contributed by atoms with van der Waals surface area (Å²) in [5, 5.41) is 17.0. The Kier molecular flexibility index (Phi) is 5.60. The third-order valence-corrected chi connectivity index (χ3v) is 2.00. The van der Waals surface area contributed by atoms with Crippen molar-refractivity contribution in [3.8, 4) is 0 Å². The normalized spacial score (nSPS) is 13.7. The molecule has 4 heteroatoms. The highest BCUT2D eigenvalue weighted by atomic mass is 16.4. The Labute approximate surface area is 83.2 Å². The average molecular weight is 200 g/mol. The predicted octanol–water partition coefficient (Wildman–Crippen LogP) is 1.91. The molecular formula is C10H16O4. The molecule has 0 rings (SSSR count). The summed E-state index contributed by atoms with van der Waals surface area (Å²) in [5.41, 5.74) is 0.773. The van der Waals surface area contributed by atoms with E-state index in [1.807, 2.05) is 0 Å². The van der Waals surface area contributed by atoms with Crippen LogP contribution < -0.4 is 0 Å². The highest BCUT2D eigenvalue weighted by molar-refractivity contribution is 5.80. The van der Waals surface area contributed by atoms with Crippen LogP contribution in [0.3, 0.4) is 0 Å². The summed E-state index contributed by atoms with van der Waals surface area (Å²) in [7, 11) is 0. The zero-order valence-corrected chi connectivity index (χ0v) is 8.49. The van der Waals surface area contributed by atoms with Gasteiger partial charge >= 0.3 is 11.9 Å². The first kappa shape index (κ1) is 12.7. The Balaban J connectivity index is 3.74. The fourth-order valence-electron chi connectivity index (χ4n) is 1.09. The number of allylic oxidation sites excluding steroid dienone is 1. The van der Waals surface area contributed by atoms with E-state index in [-0.39, 0.29) is 5.92 Å². The minimum Gasteiger partial charge on any atom is -0.481 e. The van der Waals surface area contributed by atoms with Gasteiger partial charge in [-0.1, -0.05) is 12.5 Å². The second-order valence-corrected chi connectivity index (χ2v) is 3.46. The highest BCUT2D eigenvalue weighted by Crippen LogP contribution is 2.12. The van der Waals surface area contributed by atoms with Crippen molar-refractivity contribution in [1.29, 1.82) is 0 Å². The van der Waals surface area contributed by atoms with Crippen molar-refractivity contribution in [2.75, 3.05) is 0 Å². The van der Waals surface area contributed by atoms with Crippen LogP contribution in [0.4, 0.5) is 0 Å². The van der Waals surface area contributed by atoms with Crippen molar-refractivity contribution in [2.45, 2.75) is 33.1 Å². The van der Waals surface area contributed by atoms with Gasteiger partial charge in [-0.3, -0.25) is 4.79 Å². The lowest BCUT2D eigenvalue weighted by molar-refractivity contribution is -0.141. The molecule has 0 aromatic rings. The summed E-state index contributed by atoms with van der Waals surface area (Å²) in [4.78, 5) is 20.7. The molecule has 0 radical (unpaired) electrons. The maximum absolute atomic E-state index is 10.4. The van der Waals surface area contributed by atoms with Gasteiger partial charge in [-0.25, -0.2) is 4.79 Å². The zero-order chi connectivity index (χ0) is 11.1. The van der Waals surface area contributed by atoms with E-state index >= 15 is 0 Å². The van der Waals surface area contributed by atoms with E-state index in [9.17, 15) is 9.59 Å². The van der Waals surface area contributed by atoms with Gasteiger partial charge in [0.1, 0.15) is 0 Å². The zero-order valence-electron chi connectivity index (χ0n) is 8.49. The van der Waals surface area contributed by atoms with Crippen LogP contribution in [0.1, 0.15) is 33.1 Å². The summed E-state index contributed by atoms with van der Waals surface area (Å²) in [6.07, 6.45) is 3.10. The molecule has 2 N–H and O–H groups in total. The molecule has 0 bridgehead atoms. The van der Waals surface area contributed by atoms with Crippen LogP contribution >= 0.6 is 0 Å². The van der Waals surface area contributed by atoms with Crippen LogP contribution in [-0.4, -0.2) is 22.2 Å². The van der Waals surface area contributed by atoms with Crippen LogP contribution in [0.5, 0.6) is 0 Å². The Morgan fingerprint density at radius 3 is 2.36 bits per heavy atom. The van der Waals surface area contributed by atoms with Gasteiger partial charge in [0.05, 0.1) is 5.92 Å². The lowest BCUT2D eigenvalue weighted by Gasteiger charge is -2.05. The molecule has 0 aromatic heterocycles. The fourth-order valence-corrected chi connectivity index (χ4v) is 1.09. The van der Waals surface area contributed by atoms with Crippen LogP contribution in [0.25, 0.3) is 0 Å². The van der Waals surface area contributed by atoms with Crippen molar-refractivity contribution in [3.05, 3.63) is 11.6 Å². The van der Waals surface area contributed by atoms with Crippen molar-refractivity contribution in [2.24, 2.45) is 5.92 Å². The Hall–Kier alpha value is -1.32. The van der Waals surface area contributed by atoms with Crippen LogP contribution in [0, 0.1) is 5.92 Å². The predicted molar refractivity (Wildman–Crippen MR) is 52.0 cm³/mol. The molecule has 4 nitrogen and oxygen atoms in total. The molecule has 0 aromatic carbocycles. The van der Waals surface area contributed by atoms with Crippen molar-refractivity contribution in [3.63, 3.8) is 0 Å². The molecule has 14 heavy (non-hydrogen) atoms. The topological polar surface area (TPSA) is 74.6 Å². The summed E-state index contributed by atoms with van der Waals surface area (Å²) >= 11 is 0. The van der Waals surface area contributed by atoms with Crippen LogP contribution in [-0.2, 0) is 9.59 Å². The molecule has 0 saturated carbocycles. The van der Waals surface area contributed by atoms with E-state index in [4.69, 9.17) is 10.2 Å². The molecule has 0 heterocycles. The third kappa shape index (κ3) is 6.22. The van der Waals surface area contributed by atoms with E-state index in [2.05, 4.69) is 0 Å². The molecular weight excluding hydrogens is 184 g/mol. The molecule has 0 aliphatic carbocycles. The van der Waals surface area contributed by atoms with E-state index in [1.165, 1.54) is 0 Å². The lowest BCUT2D eigenvalue weighted by atomic mass is 10.0. The Morgan fingerprint density at radius 2 is 1.93 bits per heavy atom. The first-order valence-corrected chi connectivity index (χ1v) is 4.56. The van der Waals surface area contributed by atoms with Crippen molar-refractivity contribution >= 4 is 11.9 Å². The standard InChI is InChI=1S/C10H16O4/c1-7(6-9(11)12)4-3-5-8(2)10(13)14/h6,8H,3-5H2,1-2H3,(H,11,12)(H,13,14)/b7-6-/t8-/m1/s1. The average Bonchev–Trinajstić information content (AvgIpc) is 2.02. The van der Waals surface area contributed by atoms with Gasteiger partial charge in [0.15, 0.2) is 0 Å². The summed E-state index contributed by atoms with van der Waals surface area (Å²) in [6.45, 7) is 3.39. The first-order chi connectivity index (χ1) is 6.43. The second-order valence-electron chi connectivity index (χ2n) is 3.46. The largest absolute Gasteiger partial charge is 0.481 e. The van der Waals surface area contributed by atoms with Gasteiger partial charge < -0.3 is 10.2 Å². The van der Waals surface area contributed by atoms with E-state index in [0.29, 0.717) is 19.3 Å². The van der Waals surface area contributed by atoms with E-state index < -0.39 is 11.9 Å². The molecule has 0 fully saturated rings. The van der Waals surface area contributed by atoms with Crippen molar-refractivity contribution in [1.82, 2.24) is 0 Å². The van der Waals surface area contributed by atoms with Crippen molar-refractivity contribution < 1.29 is 19.8 Å². The summed E-state index contributed by atoms with van der Waals surface area (Å²) in [6, 6.07) is 0. The number of carboxylic acids is 2. The maximum Gasteiger partial charge on any atom is 0.328 e. The fraction of sp³-hybridized carbons (Fsp3) is 0.600. The Bertz CT molecular complexity index is 243. The van der Waals surface area contributed by atoms with Gasteiger partial charge in [0, 0.05) is 6.08 Å². The molecule has 0 aliphatic heterocycles. The molecule has 0 saturated heterocycles. The summed E-state index contributed by atoms with van der Waals surface area (Å²) < 4.78 is 0. The van der Waals surface area contributed by atoms with Gasteiger partial charge in [-0.2, -0.15) is 0 Å². The van der Waals surface area contributed by atoms with Gasteiger partial charge in [0.2, 0.25) is 0 Å². The van der Waals surface area contributed by atoms with E-state index in [0.717, 1.165) is 11.6 Å². The maximum atomic E-state index is 10.4. The molecule has 0 unspecified atom stereocenters.